The van der Waals surface area contributed by atoms with Crippen molar-refractivity contribution in [3.63, 3.8) is 0 Å². The number of nitrogens with zero attached hydrogens (tertiary/aromatic N) is 1. The molecule has 0 spiro atoms. The fourth-order valence-corrected chi connectivity index (χ4v) is 4.40. The summed E-state index contributed by atoms with van der Waals surface area (Å²) in [6, 6.07) is 24.4. The van der Waals surface area contributed by atoms with Gasteiger partial charge in [-0.3, -0.25) is 0 Å². The Kier molecular flexibility index (Phi) is 6.78. The molecule has 1 N–H and O–H groups in total. The molecule has 0 aliphatic carbocycles. The van der Waals surface area contributed by atoms with E-state index in [-0.39, 0.29) is 17.6 Å². The van der Waals surface area contributed by atoms with Gasteiger partial charge in [0.2, 0.25) is 0 Å². The first-order valence-corrected chi connectivity index (χ1v) is 11.1. The maximum absolute atomic E-state index is 9.92. The van der Waals surface area contributed by atoms with Gasteiger partial charge in [0.25, 0.3) is 0 Å². The molecule has 31 heavy (non-hydrogen) atoms. The summed E-state index contributed by atoms with van der Waals surface area (Å²) in [5, 5.41) is 9.92. The van der Waals surface area contributed by atoms with Gasteiger partial charge in [-0.25, -0.2) is 0 Å². The van der Waals surface area contributed by atoms with Crippen LogP contribution in [0.4, 0.5) is 0 Å². The molecule has 0 radical (unpaired) electrons. The molecule has 0 amide bonds. The Morgan fingerprint density at radius 2 is 1.68 bits per heavy atom. The second-order valence-electron chi connectivity index (χ2n) is 7.97. The number of likely N-dealkylation sites (N-methyl/N-ethyl adjacent to an activating group) is 1. The van der Waals surface area contributed by atoms with Crippen LogP contribution in [0.2, 0.25) is 0 Å². The van der Waals surface area contributed by atoms with E-state index in [4.69, 9.17) is 9.47 Å². The zero-order valence-electron chi connectivity index (χ0n) is 18.3. The summed E-state index contributed by atoms with van der Waals surface area (Å²) >= 11 is 0. The van der Waals surface area contributed by atoms with Crippen LogP contribution in [0.3, 0.4) is 0 Å². The first kappa shape index (κ1) is 21.3. The fraction of sp³-hybridized carbons (Fsp3) is 0.333. The van der Waals surface area contributed by atoms with E-state index in [2.05, 4.69) is 67.3 Å². The molecule has 0 aromatic heterocycles. The Morgan fingerprint density at radius 3 is 2.39 bits per heavy atom. The van der Waals surface area contributed by atoms with Gasteiger partial charge in [-0.1, -0.05) is 62.4 Å². The predicted molar refractivity (Wildman–Crippen MR) is 124 cm³/mol. The topological polar surface area (TPSA) is 41.9 Å². The standard InChI is InChI=1S/C27H31NO3/c1-3-28(4-2)16-17-30-23-13-10-21(11-14-23)27-24-15-12-22(29)18-26(24)31-19-25(27)20-8-6-5-7-9-20/h5-15,18,25,27,29H,3-4,16-17,19H2,1-2H3/t25-,27+/m0/s1. The minimum absolute atomic E-state index is 0.150. The Hall–Kier alpha value is -2.98. The van der Waals surface area contributed by atoms with Crippen LogP contribution >= 0.6 is 0 Å². The van der Waals surface area contributed by atoms with Crippen LogP contribution in [0, 0.1) is 0 Å². The Morgan fingerprint density at radius 1 is 0.935 bits per heavy atom. The lowest BCUT2D eigenvalue weighted by Crippen LogP contribution is -2.27. The van der Waals surface area contributed by atoms with Crippen molar-refractivity contribution < 1.29 is 14.6 Å². The third-order valence-corrected chi connectivity index (χ3v) is 6.19. The predicted octanol–water partition coefficient (Wildman–Crippen LogP) is 5.42. The van der Waals surface area contributed by atoms with E-state index < -0.39 is 0 Å². The summed E-state index contributed by atoms with van der Waals surface area (Å²) in [4.78, 5) is 2.35. The molecular formula is C27H31NO3. The van der Waals surface area contributed by atoms with Crippen molar-refractivity contribution in [1.82, 2.24) is 4.90 Å². The first-order valence-electron chi connectivity index (χ1n) is 11.1. The van der Waals surface area contributed by atoms with Crippen molar-refractivity contribution in [2.24, 2.45) is 0 Å². The number of phenolic OH excluding ortho intramolecular Hbond substituents is 1. The summed E-state index contributed by atoms with van der Waals surface area (Å²) in [6.45, 7) is 8.62. The van der Waals surface area contributed by atoms with Crippen LogP contribution in [-0.2, 0) is 0 Å². The SMILES string of the molecule is CCN(CC)CCOc1ccc([C@@H]2c3ccc(O)cc3OC[C@H]2c2ccccc2)cc1. The van der Waals surface area contributed by atoms with E-state index in [1.807, 2.05) is 12.1 Å². The van der Waals surface area contributed by atoms with Crippen LogP contribution in [0.15, 0.2) is 72.8 Å². The lowest BCUT2D eigenvalue weighted by Gasteiger charge is -2.34. The highest BCUT2D eigenvalue weighted by Gasteiger charge is 2.33. The zero-order chi connectivity index (χ0) is 21.6. The number of benzene rings is 3. The van der Waals surface area contributed by atoms with Crippen molar-refractivity contribution in [3.05, 3.63) is 89.5 Å². The molecule has 1 heterocycles. The number of hydrogen-bond acceptors (Lipinski definition) is 4. The molecule has 0 saturated heterocycles. The molecular weight excluding hydrogens is 386 g/mol. The number of fused-ring (bicyclic) bond motifs is 1. The van der Waals surface area contributed by atoms with Crippen molar-refractivity contribution in [3.8, 4) is 17.2 Å². The molecule has 0 fully saturated rings. The third kappa shape index (κ3) is 4.86. The lowest BCUT2D eigenvalue weighted by atomic mass is 9.76. The molecule has 4 nitrogen and oxygen atoms in total. The molecule has 162 valence electrons. The van der Waals surface area contributed by atoms with Gasteiger partial charge < -0.3 is 19.5 Å². The highest BCUT2D eigenvalue weighted by molar-refractivity contribution is 5.50. The normalized spacial score (nSPS) is 17.8. The summed E-state index contributed by atoms with van der Waals surface area (Å²) in [5.74, 6) is 2.23. The molecule has 1 aliphatic rings. The van der Waals surface area contributed by atoms with Crippen LogP contribution in [0.5, 0.6) is 17.2 Å². The maximum Gasteiger partial charge on any atom is 0.126 e. The van der Waals surface area contributed by atoms with E-state index in [1.54, 1.807) is 12.1 Å². The number of aromatic hydroxyl groups is 1. The molecule has 0 bridgehead atoms. The van der Waals surface area contributed by atoms with Crippen molar-refractivity contribution in [2.75, 3.05) is 32.8 Å². The van der Waals surface area contributed by atoms with Crippen molar-refractivity contribution in [1.29, 1.82) is 0 Å². The van der Waals surface area contributed by atoms with Gasteiger partial charge in [0.1, 0.15) is 23.9 Å². The second-order valence-corrected chi connectivity index (χ2v) is 7.97. The van der Waals surface area contributed by atoms with E-state index in [9.17, 15) is 5.11 Å². The summed E-state index contributed by atoms with van der Waals surface area (Å²) in [6.07, 6.45) is 0. The summed E-state index contributed by atoms with van der Waals surface area (Å²) < 4.78 is 12.0. The van der Waals surface area contributed by atoms with Crippen LogP contribution in [0.25, 0.3) is 0 Å². The van der Waals surface area contributed by atoms with Crippen LogP contribution in [-0.4, -0.2) is 42.9 Å². The molecule has 4 rings (SSSR count). The maximum atomic E-state index is 9.92. The van der Waals surface area contributed by atoms with E-state index in [0.29, 0.717) is 13.2 Å². The van der Waals surface area contributed by atoms with Gasteiger partial charge >= 0.3 is 0 Å². The Bertz CT molecular complexity index is 968. The number of phenols is 1. The smallest absolute Gasteiger partial charge is 0.126 e. The number of rotatable bonds is 8. The molecule has 0 unspecified atom stereocenters. The monoisotopic (exact) mass is 417 g/mol. The third-order valence-electron chi connectivity index (χ3n) is 6.19. The molecule has 2 atom stereocenters. The average molecular weight is 418 g/mol. The molecule has 4 heteroatoms. The van der Waals surface area contributed by atoms with Crippen molar-refractivity contribution >= 4 is 0 Å². The Balaban J connectivity index is 1.59. The summed E-state index contributed by atoms with van der Waals surface area (Å²) in [7, 11) is 0. The average Bonchev–Trinajstić information content (AvgIpc) is 2.82. The van der Waals surface area contributed by atoms with E-state index in [0.717, 1.165) is 36.7 Å². The number of ether oxygens (including phenoxy) is 2. The van der Waals surface area contributed by atoms with Gasteiger partial charge in [-0.15, -0.1) is 0 Å². The lowest BCUT2D eigenvalue weighted by molar-refractivity contribution is 0.222. The second kappa shape index (κ2) is 9.88. The van der Waals surface area contributed by atoms with Gasteiger partial charge in [0.15, 0.2) is 0 Å². The fourth-order valence-electron chi connectivity index (χ4n) is 4.40. The highest BCUT2D eigenvalue weighted by Crippen LogP contribution is 2.47. The summed E-state index contributed by atoms with van der Waals surface area (Å²) in [5.41, 5.74) is 3.58. The Labute approximate surface area is 185 Å². The zero-order valence-corrected chi connectivity index (χ0v) is 18.3. The largest absolute Gasteiger partial charge is 0.508 e. The van der Waals surface area contributed by atoms with Gasteiger partial charge in [-0.05, 0) is 42.4 Å². The number of hydrogen-bond donors (Lipinski definition) is 1. The molecule has 1 aliphatic heterocycles. The van der Waals surface area contributed by atoms with E-state index >= 15 is 0 Å². The molecule has 0 saturated carbocycles. The molecule has 3 aromatic carbocycles. The van der Waals surface area contributed by atoms with E-state index in [1.165, 1.54) is 11.1 Å². The first-order chi connectivity index (χ1) is 15.2. The minimum atomic E-state index is 0.150. The van der Waals surface area contributed by atoms with Crippen LogP contribution < -0.4 is 9.47 Å². The highest BCUT2D eigenvalue weighted by atomic mass is 16.5. The quantitative estimate of drug-likeness (QED) is 0.531. The van der Waals surface area contributed by atoms with Gasteiger partial charge in [0, 0.05) is 30.0 Å². The minimum Gasteiger partial charge on any atom is -0.508 e. The van der Waals surface area contributed by atoms with Gasteiger partial charge in [-0.2, -0.15) is 0 Å². The van der Waals surface area contributed by atoms with Gasteiger partial charge in [0.05, 0.1) is 6.61 Å². The molecule has 3 aromatic rings. The van der Waals surface area contributed by atoms with Crippen LogP contribution in [0.1, 0.15) is 42.4 Å². The van der Waals surface area contributed by atoms with Crippen molar-refractivity contribution in [2.45, 2.75) is 25.7 Å².